The Labute approximate surface area is 196 Å². The summed E-state index contributed by atoms with van der Waals surface area (Å²) in [6.45, 7) is 3.40. The summed E-state index contributed by atoms with van der Waals surface area (Å²) in [4.78, 5) is 0. The van der Waals surface area contributed by atoms with Crippen molar-refractivity contribution in [3.8, 4) is 33.0 Å². The van der Waals surface area contributed by atoms with Gasteiger partial charge in [0.15, 0.2) is 0 Å². The van der Waals surface area contributed by atoms with Gasteiger partial charge in [0.05, 0.1) is 24.0 Å². The molecule has 0 aliphatic heterocycles. The largest absolute Gasteiger partial charge is 0.490 e. The van der Waals surface area contributed by atoms with Crippen LogP contribution in [0.15, 0.2) is 36.4 Å². The first kappa shape index (κ1) is 23.3. The fraction of sp³-hybridized carbons (Fsp3) is 0.348. The molecule has 0 saturated carbocycles. The highest BCUT2D eigenvalue weighted by Gasteiger charge is 2.29. The van der Waals surface area contributed by atoms with Gasteiger partial charge in [0.2, 0.25) is 10.0 Å². The molecular formula is C23H24N4O4S2. The van der Waals surface area contributed by atoms with Crippen molar-refractivity contribution >= 4 is 21.4 Å². The number of aromatic nitrogens is 2. The fourth-order valence-corrected chi connectivity index (χ4v) is 5.86. The SMILES string of the molecule is CC(C)Oc1ccc(-c2nnc(-c3cccc4c3CC[C@@H]4NS(=O)(=O)CCO)s2)cc1C#N. The van der Waals surface area contributed by atoms with E-state index < -0.39 is 16.6 Å². The van der Waals surface area contributed by atoms with Gasteiger partial charge in [0, 0.05) is 17.2 Å². The summed E-state index contributed by atoms with van der Waals surface area (Å²) in [5.41, 5.74) is 4.13. The number of hydrogen-bond acceptors (Lipinski definition) is 8. The van der Waals surface area contributed by atoms with E-state index in [9.17, 15) is 13.7 Å². The maximum absolute atomic E-state index is 12.1. The van der Waals surface area contributed by atoms with Gasteiger partial charge in [0.25, 0.3) is 0 Å². The first-order chi connectivity index (χ1) is 15.8. The Morgan fingerprint density at radius 1 is 1.27 bits per heavy atom. The molecule has 0 unspecified atom stereocenters. The van der Waals surface area contributed by atoms with Crippen LogP contribution >= 0.6 is 11.3 Å². The van der Waals surface area contributed by atoms with Crippen molar-refractivity contribution in [3.05, 3.63) is 53.1 Å². The molecule has 4 rings (SSSR count). The van der Waals surface area contributed by atoms with Crippen molar-refractivity contribution in [2.75, 3.05) is 12.4 Å². The number of aliphatic hydroxyl groups excluding tert-OH is 1. The second-order valence-electron chi connectivity index (χ2n) is 8.03. The van der Waals surface area contributed by atoms with Gasteiger partial charge in [0.1, 0.15) is 21.8 Å². The van der Waals surface area contributed by atoms with Gasteiger partial charge in [-0.25, -0.2) is 13.1 Å². The molecule has 1 aromatic heterocycles. The second kappa shape index (κ2) is 9.57. The molecule has 1 atom stereocenters. The van der Waals surface area contributed by atoms with E-state index in [4.69, 9.17) is 9.84 Å². The predicted octanol–water partition coefficient (Wildman–Crippen LogP) is 3.43. The van der Waals surface area contributed by atoms with E-state index in [1.165, 1.54) is 11.3 Å². The average molecular weight is 485 g/mol. The number of fused-ring (bicyclic) bond motifs is 1. The van der Waals surface area contributed by atoms with E-state index in [1.807, 2.05) is 38.1 Å². The van der Waals surface area contributed by atoms with Crippen LogP contribution in [0.5, 0.6) is 5.75 Å². The zero-order valence-electron chi connectivity index (χ0n) is 18.3. The summed E-state index contributed by atoms with van der Waals surface area (Å²) in [6, 6.07) is 13.0. The van der Waals surface area contributed by atoms with Crippen LogP contribution in [0.4, 0.5) is 0 Å². The average Bonchev–Trinajstić information content (AvgIpc) is 3.41. The molecule has 33 heavy (non-hydrogen) atoms. The smallest absolute Gasteiger partial charge is 0.214 e. The lowest BCUT2D eigenvalue weighted by molar-refractivity contribution is 0.242. The van der Waals surface area contributed by atoms with E-state index in [0.717, 1.165) is 27.3 Å². The van der Waals surface area contributed by atoms with E-state index in [2.05, 4.69) is 21.0 Å². The minimum Gasteiger partial charge on any atom is -0.490 e. The van der Waals surface area contributed by atoms with Gasteiger partial charge < -0.3 is 9.84 Å². The number of ether oxygens (including phenoxy) is 1. The fourth-order valence-electron chi connectivity index (χ4n) is 3.93. The van der Waals surface area contributed by atoms with Crippen molar-refractivity contribution in [2.45, 2.75) is 38.8 Å². The summed E-state index contributed by atoms with van der Waals surface area (Å²) < 4.78 is 32.6. The normalized spacial score (nSPS) is 15.4. The minimum absolute atomic E-state index is 0.0341. The summed E-state index contributed by atoms with van der Waals surface area (Å²) >= 11 is 1.42. The van der Waals surface area contributed by atoms with E-state index in [0.29, 0.717) is 29.2 Å². The van der Waals surface area contributed by atoms with Crippen LogP contribution in [0, 0.1) is 11.3 Å². The maximum Gasteiger partial charge on any atom is 0.214 e. The lowest BCUT2D eigenvalue weighted by Crippen LogP contribution is -2.30. The Morgan fingerprint density at radius 3 is 2.79 bits per heavy atom. The lowest BCUT2D eigenvalue weighted by atomic mass is 10.0. The molecule has 2 N–H and O–H groups in total. The molecule has 0 spiro atoms. The Balaban J connectivity index is 1.63. The highest BCUT2D eigenvalue weighted by atomic mass is 32.2. The number of sulfonamides is 1. The number of nitrogens with one attached hydrogen (secondary N) is 1. The number of rotatable bonds is 8. The van der Waals surface area contributed by atoms with Gasteiger partial charge in [-0.2, -0.15) is 5.26 Å². The Bertz CT molecular complexity index is 1310. The van der Waals surface area contributed by atoms with Gasteiger partial charge in [-0.05, 0) is 56.0 Å². The second-order valence-corrected chi connectivity index (χ2v) is 10.9. The van der Waals surface area contributed by atoms with Crippen LogP contribution in [-0.2, 0) is 16.4 Å². The predicted molar refractivity (Wildman–Crippen MR) is 126 cm³/mol. The van der Waals surface area contributed by atoms with Gasteiger partial charge in [-0.1, -0.05) is 29.5 Å². The highest BCUT2D eigenvalue weighted by Crippen LogP contribution is 2.40. The number of nitrogens with zero attached hydrogens (tertiary/aromatic N) is 3. The Kier molecular flexibility index (Phi) is 6.76. The Hall–Kier alpha value is -2.84. The number of nitriles is 1. The van der Waals surface area contributed by atoms with Crippen LogP contribution in [-0.4, -0.2) is 42.2 Å². The first-order valence-electron chi connectivity index (χ1n) is 10.6. The van der Waals surface area contributed by atoms with Crippen molar-refractivity contribution < 1.29 is 18.3 Å². The van der Waals surface area contributed by atoms with Gasteiger partial charge >= 0.3 is 0 Å². The molecular weight excluding hydrogens is 460 g/mol. The molecule has 10 heteroatoms. The summed E-state index contributed by atoms with van der Waals surface area (Å²) in [5, 5.41) is 28.6. The molecule has 0 saturated heterocycles. The van der Waals surface area contributed by atoms with Crippen molar-refractivity contribution in [2.24, 2.45) is 0 Å². The Morgan fingerprint density at radius 2 is 2.06 bits per heavy atom. The van der Waals surface area contributed by atoms with Crippen LogP contribution in [0.1, 0.15) is 43.0 Å². The first-order valence-corrected chi connectivity index (χ1v) is 13.1. The third-order valence-corrected chi connectivity index (χ3v) is 7.69. The molecule has 172 valence electrons. The van der Waals surface area contributed by atoms with Crippen LogP contribution < -0.4 is 9.46 Å². The molecule has 2 aromatic carbocycles. The molecule has 1 aliphatic rings. The molecule has 1 aliphatic carbocycles. The standard InChI is InChI=1S/C23H24N4O4S2/c1-14(2)31-21-9-6-15(12-16(21)13-24)22-25-26-23(32-22)19-5-3-4-18-17(19)7-8-20(18)27-33(29,30)11-10-28/h3-6,9,12,14,20,27-28H,7-8,10-11H2,1-2H3/t20-/m0/s1. The quantitative estimate of drug-likeness (QED) is 0.502. The molecule has 0 bridgehead atoms. The maximum atomic E-state index is 12.1. The van der Waals surface area contributed by atoms with E-state index in [-0.39, 0.29) is 17.9 Å². The van der Waals surface area contributed by atoms with E-state index >= 15 is 0 Å². The highest BCUT2D eigenvalue weighted by molar-refractivity contribution is 7.89. The zero-order valence-corrected chi connectivity index (χ0v) is 19.9. The van der Waals surface area contributed by atoms with E-state index in [1.54, 1.807) is 12.1 Å². The number of hydrogen-bond donors (Lipinski definition) is 2. The molecule has 3 aromatic rings. The van der Waals surface area contributed by atoms with Crippen molar-refractivity contribution in [1.82, 2.24) is 14.9 Å². The minimum atomic E-state index is -3.55. The lowest BCUT2D eigenvalue weighted by Gasteiger charge is -2.14. The van der Waals surface area contributed by atoms with Crippen LogP contribution in [0.3, 0.4) is 0 Å². The topological polar surface area (TPSA) is 125 Å². The third kappa shape index (κ3) is 5.07. The van der Waals surface area contributed by atoms with Gasteiger partial charge in [-0.3, -0.25) is 0 Å². The van der Waals surface area contributed by atoms with Crippen LogP contribution in [0.2, 0.25) is 0 Å². The van der Waals surface area contributed by atoms with Crippen LogP contribution in [0.25, 0.3) is 21.1 Å². The number of aliphatic hydroxyl groups is 1. The molecule has 0 amide bonds. The summed E-state index contributed by atoms with van der Waals surface area (Å²) in [6.07, 6.45) is 1.33. The molecule has 8 nitrogen and oxygen atoms in total. The third-order valence-electron chi connectivity index (χ3n) is 5.32. The molecule has 0 radical (unpaired) electrons. The van der Waals surface area contributed by atoms with Crippen molar-refractivity contribution in [3.63, 3.8) is 0 Å². The zero-order chi connectivity index (χ0) is 23.6. The molecule has 0 fully saturated rings. The van der Waals surface area contributed by atoms with Crippen molar-refractivity contribution in [1.29, 1.82) is 5.26 Å². The number of benzene rings is 2. The summed E-state index contributed by atoms with van der Waals surface area (Å²) in [7, 11) is -3.55. The summed E-state index contributed by atoms with van der Waals surface area (Å²) in [5.74, 6) is 0.223. The van der Waals surface area contributed by atoms with Gasteiger partial charge in [-0.15, -0.1) is 10.2 Å². The molecule has 1 heterocycles. The monoisotopic (exact) mass is 484 g/mol.